The van der Waals surface area contributed by atoms with E-state index in [1.54, 1.807) is 0 Å². The minimum absolute atomic E-state index is 0.0961. The Morgan fingerprint density at radius 1 is 1.27 bits per heavy atom. The first-order valence-corrected chi connectivity index (χ1v) is 7.49. The van der Waals surface area contributed by atoms with E-state index in [4.69, 9.17) is 0 Å². The average Bonchev–Trinajstić information content (AvgIpc) is 2.18. The molecule has 15 heavy (non-hydrogen) atoms. The molecule has 0 aliphatic rings. The Kier molecular flexibility index (Phi) is 6.40. The summed E-state index contributed by atoms with van der Waals surface area (Å²) in [5, 5.41) is 12.5. The Bertz CT molecular complexity index is 250. The Labute approximate surface area is 93.0 Å². The zero-order chi connectivity index (χ0) is 11.9. The van der Waals surface area contributed by atoms with Gasteiger partial charge in [0, 0.05) is 11.8 Å². The van der Waals surface area contributed by atoms with E-state index in [-0.39, 0.29) is 17.9 Å². The molecule has 0 bridgehead atoms. The first kappa shape index (κ1) is 14.9. The number of aliphatic hydroxyl groups excluding tert-OH is 1. The molecule has 0 saturated carbocycles. The Morgan fingerprint density at radius 3 is 2.13 bits per heavy atom. The average molecular weight is 237 g/mol. The lowest BCUT2D eigenvalue weighted by Crippen LogP contribution is -2.48. The summed E-state index contributed by atoms with van der Waals surface area (Å²) in [5.41, 5.74) is -0.239. The maximum atomic E-state index is 10.9. The largest absolute Gasteiger partial charge is 0.394 e. The lowest BCUT2D eigenvalue weighted by atomic mass is 9.94. The van der Waals surface area contributed by atoms with Crippen LogP contribution in [-0.2, 0) is 9.84 Å². The van der Waals surface area contributed by atoms with Crippen molar-refractivity contribution in [3.8, 4) is 0 Å². The molecule has 4 nitrogen and oxygen atoms in total. The summed E-state index contributed by atoms with van der Waals surface area (Å²) in [6.45, 7) is 4.76. The van der Waals surface area contributed by atoms with Crippen LogP contribution in [0.15, 0.2) is 0 Å². The number of aliphatic hydroxyl groups is 1. The molecule has 0 fully saturated rings. The van der Waals surface area contributed by atoms with Crippen LogP contribution >= 0.6 is 0 Å². The van der Waals surface area contributed by atoms with Gasteiger partial charge in [-0.25, -0.2) is 8.42 Å². The second-order valence-corrected chi connectivity index (χ2v) is 6.32. The maximum absolute atomic E-state index is 10.9. The normalized spacial score (nSPS) is 13.1. The fourth-order valence-electron chi connectivity index (χ4n) is 1.47. The van der Waals surface area contributed by atoms with E-state index in [0.717, 1.165) is 12.8 Å². The molecular weight excluding hydrogens is 214 g/mol. The molecule has 0 radical (unpaired) electrons. The minimum atomic E-state index is -2.86. The second-order valence-electron chi connectivity index (χ2n) is 4.06. The standard InChI is InChI=1S/C10H23NO3S/c1-4-10(5-2,9-12)11-7-6-8-15(3,13)14/h11-12H,4-9H2,1-3H3. The van der Waals surface area contributed by atoms with Gasteiger partial charge in [-0.1, -0.05) is 13.8 Å². The third kappa shape index (κ3) is 6.12. The molecule has 0 aliphatic carbocycles. The predicted molar refractivity (Wildman–Crippen MR) is 62.7 cm³/mol. The highest BCUT2D eigenvalue weighted by Crippen LogP contribution is 2.13. The molecule has 0 heterocycles. The van der Waals surface area contributed by atoms with Crippen LogP contribution in [0.1, 0.15) is 33.1 Å². The Balaban J connectivity index is 3.92. The summed E-state index contributed by atoms with van der Waals surface area (Å²) >= 11 is 0. The maximum Gasteiger partial charge on any atom is 0.147 e. The van der Waals surface area contributed by atoms with Crippen molar-refractivity contribution >= 4 is 9.84 Å². The molecule has 0 unspecified atom stereocenters. The molecule has 0 aromatic heterocycles. The highest BCUT2D eigenvalue weighted by atomic mass is 32.2. The van der Waals surface area contributed by atoms with Gasteiger partial charge in [-0.2, -0.15) is 0 Å². The minimum Gasteiger partial charge on any atom is -0.394 e. The SMILES string of the molecule is CCC(CC)(CO)NCCCS(C)(=O)=O. The highest BCUT2D eigenvalue weighted by Gasteiger charge is 2.23. The van der Waals surface area contributed by atoms with Gasteiger partial charge < -0.3 is 10.4 Å². The van der Waals surface area contributed by atoms with E-state index in [2.05, 4.69) is 5.32 Å². The summed E-state index contributed by atoms with van der Waals surface area (Å²) in [4.78, 5) is 0. The van der Waals surface area contributed by atoms with Crippen molar-refractivity contribution in [1.29, 1.82) is 0 Å². The van der Waals surface area contributed by atoms with Crippen LogP contribution < -0.4 is 5.32 Å². The van der Waals surface area contributed by atoms with Gasteiger partial charge >= 0.3 is 0 Å². The summed E-state index contributed by atoms with van der Waals surface area (Å²) < 4.78 is 21.8. The fourth-order valence-corrected chi connectivity index (χ4v) is 2.14. The first-order chi connectivity index (χ1) is 6.89. The van der Waals surface area contributed by atoms with Crippen LogP contribution in [0.2, 0.25) is 0 Å². The lowest BCUT2D eigenvalue weighted by molar-refractivity contribution is 0.151. The first-order valence-electron chi connectivity index (χ1n) is 5.42. The van der Waals surface area contributed by atoms with Gasteiger partial charge in [-0.3, -0.25) is 0 Å². The zero-order valence-corrected chi connectivity index (χ0v) is 10.7. The molecule has 0 spiro atoms. The number of hydrogen-bond acceptors (Lipinski definition) is 4. The highest BCUT2D eigenvalue weighted by molar-refractivity contribution is 7.90. The molecule has 0 atom stereocenters. The van der Waals surface area contributed by atoms with Crippen molar-refractivity contribution in [3.63, 3.8) is 0 Å². The van der Waals surface area contributed by atoms with Crippen LogP contribution in [-0.4, -0.2) is 44.2 Å². The molecule has 0 aromatic rings. The monoisotopic (exact) mass is 237 g/mol. The predicted octanol–water partition coefficient (Wildman–Crippen LogP) is 0.562. The quantitative estimate of drug-likeness (QED) is 0.605. The van der Waals surface area contributed by atoms with Crippen molar-refractivity contribution in [2.45, 2.75) is 38.6 Å². The van der Waals surface area contributed by atoms with E-state index in [1.165, 1.54) is 6.26 Å². The van der Waals surface area contributed by atoms with Crippen molar-refractivity contribution in [1.82, 2.24) is 5.32 Å². The molecular formula is C10H23NO3S. The van der Waals surface area contributed by atoms with Gasteiger partial charge in [0.2, 0.25) is 0 Å². The van der Waals surface area contributed by atoms with E-state index in [9.17, 15) is 13.5 Å². The number of hydrogen-bond donors (Lipinski definition) is 2. The van der Waals surface area contributed by atoms with Crippen molar-refractivity contribution in [3.05, 3.63) is 0 Å². The van der Waals surface area contributed by atoms with E-state index >= 15 is 0 Å². The van der Waals surface area contributed by atoms with E-state index in [1.807, 2.05) is 13.8 Å². The smallest absolute Gasteiger partial charge is 0.147 e. The van der Waals surface area contributed by atoms with Crippen LogP contribution in [0.25, 0.3) is 0 Å². The van der Waals surface area contributed by atoms with Gasteiger partial charge in [0.1, 0.15) is 9.84 Å². The van der Waals surface area contributed by atoms with Crippen molar-refractivity contribution in [2.24, 2.45) is 0 Å². The van der Waals surface area contributed by atoms with Crippen molar-refractivity contribution in [2.75, 3.05) is 25.2 Å². The number of sulfone groups is 1. The summed E-state index contributed by atoms with van der Waals surface area (Å²) in [6, 6.07) is 0. The zero-order valence-electron chi connectivity index (χ0n) is 9.91. The fraction of sp³-hybridized carbons (Fsp3) is 1.00. The summed E-state index contributed by atoms with van der Waals surface area (Å²) in [7, 11) is -2.86. The number of rotatable bonds is 8. The van der Waals surface area contributed by atoms with Gasteiger partial charge in [-0.15, -0.1) is 0 Å². The number of nitrogens with one attached hydrogen (secondary N) is 1. The Morgan fingerprint density at radius 2 is 1.80 bits per heavy atom. The van der Waals surface area contributed by atoms with Crippen molar-refractivity contribution < 1.29 is 13.5 Å². The van der Waals surface area contributed by atoms with Gasteiger partial charge in [0.15, 0.2) is 0 Å². The third-order valence-electron chi connectivity index (χ3n) is 2.85. The van der Waals surface area contributed by atoms with Gasteiger partial charge in [-0.05, 0) is 25.8 Å². The molecule has 92 valence electrons. The van der Waals surface area contributed by atoms with Gasteiger partial charge in [0.05, 0.1) is 12.4 Å². The van der Waals surface area contributed by atoms with Crippen LogP contribution in [0.4, 0.5) is 0 Å². The summed E-state index contributed by atoms with van der Waals surface area (Å²) in [6.07, 6.45) is 3.53. The topological polar surface area (TPSA) is 66.4 Å². The van der Waals surface area contributed by atoms with Crippen LogP contribution in [0, 0.1) is 0 Å². The molecule has 5 heteroatoms. The van der Waals surface area contributed by atoms with E-state index in [0.29, 0.717) is 13.0 Å². The molecule has 2 N–H and O–H groups in total. The van der Waals surface area contributed by atoms with Gasteiger partial charge in [0.25, 0.3) is 0 Å². The van der Waals surface area contributed by atoms with E-state index < -0.39 is 9.84 Å². The third-order valence-corrected chi connectivity index (χ3v) is 3.88. The summed E-state index contributed by atoms with van der Waals surface area (Å²) in [5.74, 6) is 0.203. The molecule has 0 aromatic carbocycles. The second kappa shape index (κ2) is 6.45. The molecule has 0 rings (SSSR count). The molecule has 0 saturated heterocycles. The molecule has 0 amide bonds. The van der Waals surface area contributed by atoms with Crippen LogP contribution in [0.3, 0.4) is 0 Å². The Hall–Kier alpha value is -0.130. The lowest BCUT2D eigenvalue weighted by Gasteiger charge is -2.30. The molecule has 0 aliphatic heterocycles. The van der Waals surface area contributed by atoms with Crippen LogP contribution in [0.5, 0.6) is 0 Å².